The van der Waals surface area contributed by atoms with Gasteiger partial charge in [-0.3, -0.25) is 0 Å². The Labute approximate surface area is 110 Å². The molecule has 0 aliphatic carbocycles. The van der Waals surface area contributed by atoms with E-state index in [1.165, 1.54) is 6.07 Å². The molecule has 0 saturated heterocycles. The van der Waals surface area contributed by atoms with Crippen molar-refractivity contribution in [1.29, 1.82) is 0 Å². The van der Waals surface area contributed by atoms with E-state index in [2.05, 4.69) is 0 Å². The van der Waals surface area contributed by atoms with Crippen LogP contribution in [-0.4, -0.2) is 5.11 Å². The normalized spacial score (nSPS) is 12.8. The summed E-state index contributed by atoms with van der Waals surface area (Å²) in [5, 5.41) is 11.1. The Hall–Kier alpha value is -2.13. The van der Waals surface area contributed by atoms with Gasteiger partial charge in [0.05, 0.1) is 0 Å². The molecule has 1 N–H and O–H groups in total. The molecule has 0 saturated carbocycles. The van der Waals surface area contributed by atoms with Gasteiger partial charge in [-0.15, -0.1) is 0 Å². The van der Waals surface area contributed by atoms with Crippen LogP contribution in [0.5, 0.6) is 0 Å². The minimum atomic E-state index is -1.09. The Kier molecular flexibility index (Phi) is 2.84. The molecule has 0 bridgehead atoms. The molecular weight excluding hydrogens is 243 g/mol. The van der Waals surface area contributed by atoms with Crippen molar-refractivity contribution in [2.75, 3.05) is 0 Å². The van der Waals surface area contributed by atoms with Crippen molar-refractivity contribution in [3.63, 3.8) is 0 Å². The van der Waals surface area contributed by atoms with Gasteiger partial charge in [0.15, 0.2) is 0 Å². The van der Waals surface area contributed by atoms with Gasteiger partial charge in [0, 0.05) is 10.9 Å². The van der Waals surface area contributed by atoms with Crippen molar-refractivity contribution in [3.8, 4) is 0 Å². The van der Waals surface area contributed by atoms with Crippen molar-refractivity contribution >= 4 is 11.0 Å². The zero-order chi connectivity index (χ0) is 13.4. The second-order valence-corrected chi connectivity index (χ2v) is 4.57. The first-order chi connectivity index (χ1) is 9.16. The van der Waals surface area contributed by atoms with Crippen molar-refractivity contribution in [2.24, 2.45) is 0 Å². The first kappa shape index (κ1) is 11.9. The van der Waals surface area contributed by atoms with Crippen LogP contribution in [0.2, 0.25) is 0 Å². The number of fused-ring (bicyclic) bond motifs is 1. The third-order valence-electron chi connectivity index (χ3n) is 3.23. The molecule has 3 heteroatoms. The fourth-order valence-corrected chi connectivity index (χ4v) is 2.21. The molecule has 3 aromatic rings. The molecule has 0 amide bonds. The molecule has 0 aliphatic heterocycles. The molecular formula is C16H13FO2. The van der Waals surface area contributed by atoms with E-state index in [1.807, 2.05) is 25.1 Å². The number of para-hydroxylation sites is 1. The summed E-state index contributed by atoms with van der Waals surface area (Å²) in [7, 11) is 0. The van der Waals surface area contributed by atoms with Crippen LogP contribution in [0.4, 0.5) is 4.39 Å². The van der Waals surface area contributed by atoms with Crippen molar-refractivity contribution in [1.82, 2.24) is 0 Å². The molecule has 0 fully saturated rings. The highest BCUT2D eigenvalue weighted by Crippen LogP contribution is 2.30. The molecule has 96 valence electrons. The second kappa shape index (κ2) is 4.52. The molecule has 0 spiro atoms. The number of benzene rings is 2. The molecule has 1 atom stereocenters. The van der Waals surface area contributed by atoms with Gasteiger partial charge < -0.3 is 9.52 Å². The van der Waals surface area contributed by atoms with Gasteiger partial charge in [-0.25, -0.2) is 4.39 Å². The highest BCUT2D eigenvalue weighted by Gasteiger charge is 2.19. The van der Waals surface area contributed by atoms with E-state index >= 15 is 0 Å². The van der Waals surface area contributed by atoms with Gasteiger partial charge in [0.1, 0.15) is 23.3 Å². The molecule has 3 rings (SSSR count). The van der Waals surface area contributed by atoms with Crippen LogP contribution in [-0.2, 0) is 0 Å². The maximum Gasteiger partial charge on any atom is 0.139 e. The second-order valence-electron chi connectivity index (χ2n) is 4.57. The van der Waals surface area contributed by atoms with Crippen molar-refractivity contribution < 1.29 is 13.9 Å². The van der Waals surface area contributed by atoms with Crippen molar-refractivity contribution in [2.45, 2.75) is 13.0 Å². The third-order valence-corrected chi connectivity index (χ3v) is 3.23. The number of halogens is 1. The lowest BCUT2D eigenvalue weighted by Gasteiger charge is -2.08. The Bertz CT molecular complexity index is 730. The van der Waals surface area contributed by atoms with E-state index < -0.39 is 11.9 Å². The average Bonchev–Trinajstić information content (AvgIpc) is 2.84. The van der Waals surface area contributed by atoms with Crippen molar-refractivity contribution in [3.05, 3.63) is 71.2 Å². The predicted octanol–water partition coefficient (Wildman–Crippen LogP) is 3.96. The first-order valence-corrected chi connectivity index (χ1v) is 6.08. The standard InChI is InChI=1S/C16H13FO2/c1-10-5-4-6-11-9-14(19-16(10)11)15(18)12-7-2-3-8-13(12)17/h2-9,15,18H,1H3. The number of hydrogen-bond donors (Lipinski definition) is 1. The van der Waals surface area contributed by atoms with Gasteiger partial charge >= 0.3 is 0 Å². The van der Waals surface area contributed by atoms with Crippen LogP contribution < -0.4 is 0 Å². The summed E-state index contributed by atoms with van der Waals surface area (Å²) in [4.78, 5) is 0. The fraction of sp³-hybridized carbons (Fsp3) is 0.125. The van der Waals surface area contributed by atoms with Gasteiger partial charge in [0.2, 0.25) is 0 Å². The number of furan rings is 1. The summed E-state index contributed by atoms with van der Waals surface area (Å²) in [6.07, 6.45) is -1.09. The molecule has 2 nitrogen and oxygen atoms in total. The Morgan fingerprint density at radius 3 is 2.63 bits per heavy atom. The molecule has 1 unspecified atom stereocenters. The zero-order valence-electron chi connectivity index (χ0n) is 10.4. The fourth-order valence-electron chi connectivity index (χ4n) is 2.21. The van der Waals surface area contributed by atoms with E-state index in [-0.39, 0.29) is 5.56 Å². The summed E-state index contributed by atoms with van der Waals surface area (Å²) < 4.78 is 19.3. The summed E-state index contributed by atoms with van der Waals surface area (Å²) in [5.74, 6) is -0.0819. The van der Waals surface area contributed by atoms with Gasteiger partial charge in [-0.05, 0) is 24.6 Å². The minimum absolute atomic E-state index is 0.221. The van der Waals surface area contributed by atoms with E-state index in [9.17, 15) is 9.50 Å². The number of rotatable bonds is 2. The molecule has 1 heterocycles. The smallest absolute Gasteiger partial charge is 0.139 e. The summed E-state index contributed by atoms with van der Waals surface area (Å²) in [5.41, 5.74) is 1.94. The SMILES string of the molecule is Cc1cccc2cc(C(O)c3ccccc3F)oc12. The molecule has 1 aromatic heterocycles. The predicted molar refractivity (Wildman–Crippen MR) is 71.4 cm³/mol. The van der Waals surface area contributed by atoms with Gasteiger partial charge in [-0.2, -0.15) is 0 Å². The quantitative estimate of drug-likeness (QED) is 0.752. The van der Waals surface area contributed by atoms with E-state index in [0.29, 0.717) is 5.76 Å². The van der Waals surface area contributed by atoms with E-state index in [4.69, 9.17) is 4.42 Å². The Morgan fingerprint density at radius 1 is 1.11 bits per heavy atom. The Morgan fingerprint density at radius 2 is 1.89 bits per heavy atom. The third kappa shape index (κ3) is 2.02. The van der Waals surface area contributed by atoms with Gasteiger partial charge in [0.25, 0.3) is 0 Å². The van der Waals surface area contributed by atoms with E-state index in [1.54, 1.807) is 24.3 Å². The van der Waals surface area contributed by atoms with Crippen LogP contribution in [0.3, 0.4) is 0 Å². The highest BCUT2D eigenvalue weighted by molar-refractivity contribution is 5.81. The number of aliphatic hydroxyl groups is 1. The molecule has 0 aliphatic rings. The average molecular weight is 256 g/mol. The van der Waals surface area contributed by atoms with E-state index in [0.717, 1.165) is 16.5 Å². The highest BCUT2D eigenvalue weighted by atomic mass is 19.1. The minimum Gasteiger partial charge on any atom is -0.458 e. The van der Waals surface area contributed by atoms with Crippen LogP contribution in [0.25, 0.3) is 11.0 Å². The zero-order valence-corrected chi connectivity index (χ0v) is 10.4. The Balaban J connectivity index is 2.10. The van der Waals surface area contributed by atoms with Crippen LogP contribution in [0.1, 0.15) is 23.0 Å². The summed E-state index contributed by atoms with van der Waals surface area (Å²) >= 11 is 0. The number of aryl methyl sites for hydroxylation is 1. The summed E-state index contributed by atoms with van der Waals surface area (Å²) in [6, 6.07) is 13.7. The van der Waals surface area contributed by atoms with Crippen LogP contribution in [0.15, 0.2) is 52.9 Å². The lowest BCUT2D eigenvalue weighted by molar-refractivity contribution is 0.187. The molecule has 0 radical (unpaired) electrons. The van der Waals surface area contributed by atoms with Gasteiger partial charge in [-0.1, -0.05) is 36.4 Å². The monoisotopic (exact) mass is 256 g/mol. The lowest BCUT2D eigenvalue weighted by atomic mass is 10.1. The lowest BCUT2D eigenvalue weighted by Crippen LogP contribution is -2.00. The molecule has 19 heavy (non-hydrogen) atoms. The van der Waals surface area contributed by atoms with Crippen LogP contribution in [0, 0.1) is 12.7 Å². The summed E-state index contributed by atoms with van der Waals surface area (Å²) in [6.45, 7) is 1.94. The molecule has 2 aromatic carbocycles. The topological polar surface area (TPSA) is 33.4 Å². The first-order valence-electron chi connectivity index (χ1n) is 6.08. The maximum absolute atomic E-state index is 13.7. The number of aliphatic hydroxyl groups excluding tert-OH is 1. The largest absolute Gasteiger partial charge is 0.458 e. The maximum atomic E-state index is 13.7. The number of hydrogen-bond acceptors (Lipinski definition) is 2. The van der Waals surface area contributed by atoms with Crippen LogP contribution >= 0.6 is 0 Å².